The molecule has 3 aromatic heterocycles. The molecule has 3 aromatic rings. The number of hydrogen-bond acceptors (Lipinski definition) is 5. The van der Waals surface area contributed by atoms with E-state index in [1.165, 1.54) is 33.3 Å². The fourth-order valence-electron chi connectivity index (χ4n) is 3.56. The van der Waals surface area contributed by atoms with Crippen LogP contribution in [-0.4, -0.2) is 25.3 Å². The number of thiophene rings is 1. The number of hydrogen-bond donors (Lipinski definition) is 1. The lowest BCUT2D eigenvalue weighted by Crippen LogP contribution is -2.36. The van der Waals surface area contributed by atoms with E-state index in [1.807, 2.05) is 0 Å². The van der Waals surface area contributed by atoms with Crippen molar-refractivity contribution in [3.8, 4) is 0 Å². The van der Waals surface area contributed by atoms with Crippen LogP contribution in [0, 0.1) is 6.92 Å². The van der Waals surface area contributed by atoms with Gasteiger partial charge in [-0.05, 0) is 38.2 Å². The summed E-state index contributed by atoms with van der Waals surface area (Å²) in [4.78, 5) is 32.3. The standard InChI is InChI=1S/C18H20ClN5O2S/c1-10-20-17-14(11-7-5-3-4-6-8-13(11)27-17)18(26)24(10)22-16(25)15-12(19)9-23(2)21-15/h9H,3-8H2,1-2H3,(H,22,25). The predicted octanol–water partition coefficient (Wildman–Crippen LogP) is 3.20. The first-order valence-corrected chi connectivity index (χ1v) is 10.2. The zero-order chi connectivity index (χ0) is 19.1. The van der Waals surface area contributed by atoms with Gasteiger partial charge in [0, 0.05) is 18.1 Å². The molecule has 0 atom stereocenters. The number of nitrogens with zero attached hydrogens (tertiary/aromatic N) is 4. The van der Waals surface area contributed by atoms with Crippen LogP contribution in [0.1, 0.15) is 52.4 Å². The second kappa shape index (κ2) is 7.09. The van der Waals surface area contributed by atoms with E-state index in [1.54, 1.807) is 25.3 Å². The number of carbonyl (C=O) groups excluding carboxylic acids is 1. The van der Waals surface area contributed by atoms with Gasteiger partial charge in [-0.2, -0.15) is 5.10 Å². The molecule has 142 valence electrons. The van der Waals surface area contributed by atoms with Crippen LogP contribution >= 0.6 is 22.9 Å². The second-order valence-corrected chi connectivity index (χ2v) is 8.33. The van der Waals surface area contributed by atoms with Gasteiger partial charge in [-0.3, -0.25) is 19.7 Å². The van der Waals surface area contributed by atoms with Crippen molar-refractivity contribution in [2.45, 2.75) is 45.4 Å². The van der Waals surface area contributed by atoms with Crippen molar-refractivity contribution in [1.29, 1.82) is 0 Å². The summed E-state index contributed by atoms with van der Waals surface area (Å²) >= 11 is 7.65. The van der Waals surface area contributed by atoms with E-state index >= 15 is 0 Å². The van der Waals surface area contributed by atoms with Gasteiger partial charge in [-0.15, -0.1) is 11.3 Å². The molecule has 0 aliphatic heterocycles. The van der Waals surface area contributed by atoms with Crippen molar-refractivity contribution in [2.24, 2.45) is 7.05 Å². The third kappa shape index (κ3) is 3.27. The lowest BCUT2D eigenvalue weighted by molar-refractivity contribution is 0.100. The highest BCUT2D eigenvalue weighted by Gasteiger charge is 2.22. The number of rotatable bonds is 2. The number of halogens is 1. The Labute approximate surface area is 164 Å². The zero-order valence-electron chi connectivity index (χ0n) is 15.2. The van der Waals surface area contributed by atoms with E-state index in [0.29, 0.717) is 11.2 Å². The summed E-state index contributed by atoms with van der Waals surface area (Å²) in [6.07, 6.45) is 8.03. The van der Waals surface area contributed by atoms with Gasteiger partial charge in [0.1, 0.15) is 10.7 Å². The zero-order valence-corrected chi connectivity index (χ0v) is 16.8. The Balaban J connectivity index is 1.79. The fraction of sp³-hybridized carbons (Fsp3) is 0.444. The Bertz CT molecular complexity index is 1100. The van der Waals surface area contributed by atoms with Gasteiger partial charge in [0.25, 0.3) is 11.5 Å². The third-order valence-corrected chi connectivity index (χ3v) is 6.33. The van der Waals surface area contributed by atoms with E-state index < -0.39 is 5.91 Å². The monoisotopic (exact) mass is 405 g/mol. The Kier molecular flexibility index (Phi) is 4.77. The topological polar surface area (TPSA) is 81.8 Å². The molecule has 0 bridgehead atoms. The van der Waals surface area contributed by atoms with Gasteiger partial charge in [-0.1, -0.05) is 24.4 Å². The van der Waals surface area contributed by atoms with Crippen molar-refractivity contribution in [2.75, 3.05) is 5.43 Å². The van der Waals surface area contributed by atoms with E-state index in [2.05, 4.69) is 15.5 Å². The molecule has 27 heavy (non-hydrogen) atoms. The van der Waals surface area contributed by atoms with E-state index in [4.69, 9.17) is 11.6 Å². The summed E-state index contributed by atoms with van der Waals surface area (Å²) in [7, 11) is 1.68. The second-order valence-electron chi connectivity index (χ2n) is 6.84. The molecule has 4 rings (SSSR count). The van der Waals surface area contributed by atoms with Crippen LogP contribution in [0.5, 0.6) is 0 Å². The predicted molar refractivity (Wildman–Crippen MR) is 106 cm³/mol. The SMILES string of the molecule is Cc1nc2sc3c(c2c(=O)n1NC(=O)c1nn(C)cc1Cl)CCCCCC3. The van der Waals surface area contributed by atoms with Crippen molar-refractivity contribution < 1.29 is 4.79 Å². The van der Waals surface area contributed by atoms with Crippen LogP contribution in [0.4, 0.5) is 0 Å². The van der Waals surface area contributed by atoms with Crippen LogP contribution in [0.25, 0.3) is 10.2 Å². The van der Waals surface area contributed by atoms with E-state index in [-0.39, 0.29) is 16.3 Å². The quantitative estimate of drug-likeness (QED) is 0.709. The molecule has 1 aliphatic rings. The first kappa shape index (κ1) is 18.2. The highest BCUT2D eigenvalue weighted by atomic mass is 35.5. The minimum Gasteiger partial charge on any atom is -0.273 e. The van der Waals surface area contributed by atoms with Gasteiger partial charge >= 0.3 is 0 Å². The number of carbonyl (C=O) groups is 1. The van der Waals surface area contributed by atoms with Crippen molar-refractivity contribution in [3.05, 3.63) is 43.5 Å². The Morgan fingerprint density at radius 1 is 1.26 bits per heavy atom. The number of nitrogens with one attached hydrogen (secondary N) is 1. The molecule has 7 nitrogen and oxygen atoms in total. The molecule has 0 unspecified atom stereocenters. The highest BCUT2D eigenvalue weighted by molar-refractivity contribution is 7.18. The number of aryl methyl sites for hydroxylation is 4. The summed E-state index contributed by atoms with van der Waals surface area (Å²) in [6, 6.07) is 0. The molecule has 0 spiro atoms. The summed E-state index contributed by atoms with van der Waals surface area (Å²) in [5, 5.41) is 4.92. The average Bonchev–Trinajstić information content (AvgIpc) is 3.10. The minimum absolute atomic E-state index is 0.0752. The lowest BCUT2D eigenvalue weighted by Gasteiger charge is -2.12. The van der Waals surface area contributed by atoms with Gasteiger partial charge in [-0.25, -0.2) is 9.66 Å². The molecule has 1 amide bonds. The maximum Gasteiger partial charge on any atom is 0.292 e. The normalized spacial score (nSPS) is 14.6. The molecular formula is C18H20ClN5O2S. The highest BCUT2D eigenvalue weighted by Crippen LogP contribution is 2.32. The Morgan fingerprint density at radius 2 is 2.00 bits per heavy atom. The van der Waals surface area contributed by atoms with Gasteiger partial charge in [0.2, 0.25) is 0 Å². The molecule has 0 radical (unpaired) electrons. The molecule has 1 aliphatic carbocycles. The van der Waals surface area contributed by atoms with Gasteiger partial charge in [0.15, 0.2) is 5.69 Å². The molecule has 3 heterocycles. The Hall–Kier alpha value is -2.19. The first-order chi connectivity index (χ1) is 13.0. The fourth-order valence-corrected chi connectivity index (χ4v) is 5.12. The van der Waals surface area contributed by atoms with Gasteiger partial charge < -0.3 is 0 Å². The summed E-state index contributed by atoms with van der Waals surface area (Å²) in [6.45, 7) is 1.71. The molecule has 0 aromatic carbocycles. The summed E-state index contributed by atoms with van der Waals surface area (Å²) in [5.74, 6) is -0.104. The van der Waals surface area contributed by atoms with Crippen LogP contribution in [0.15, 0.2) is 11.0 Å². The van der Waals surface area contributed by atoms with Gasteiger partial charge in [0.05, 0.1) is 10.4 Å². The largest absolute Gasteiger partial charge is 0.292 e. The maximum absolute atomic E-state index is 13.2. The van der Waals surface area contributed by atoms with E-state index in [0.717, 1.165) is 36.1 Å². The number of fused-ring (bicyclic) bond motifs is 3. The maximum atomic E-state index is 13.2. The van der Waals surface area contributed by atoms with Crippen molar-refractivity contribution >= 4 is 39.1 Å². The smallest absolute Gasteiger partial charge is 0.273 e. The summed E-state index contributed by atoms with van der Waals surface area (Å²) < 4.78 is 2.66. The van der Waals surface area contributed by atoms with Crippen molar-refractivity contribution in [1.82, 2.24) is 19.4 Å². The third-order valence-electron chi connectivity index (χ3n) is 4.87. The minimum atomic E-state index is -0.537. The van der Waals surface area contributed by atoms with Crippen LogP contribution in [0.3, 0.4) is 0 Å². The Morgan fingerprint density at radius 3 is 2.70 bits per heavy atom. The lowest BCUT2D eigenvalue weighted by atomic mass is 9.98. The molecule has 0 fully saturated rings. The molecule has 1 N–H and O–H groups in total. The van der Waals surface area contributed by atoms with Crippen molar-refractivity contribution in [3.63, 3.8) is 0 Å². The van der Waals surface area contributed by atoms with Crippen LogP contribution < -0.4 is 11.0 Å². The molecule has 0 saturated carbocycles. The molecular weight excluding hydrogens is 386 g/mol. The van der Waals surface area contributed by atoms with Crippen LogP contribution in [-0.2, 0) is 19.9 Å². The average molecular weight is 406 g/mol. The first-order valence-electron chi connectivity index (χ1n) is 9.00. The number of amides is 1. The molecule has 0 saturated heterocycles. The number of aromatic nitrogens is 4. The molecule has 9 heteroatoms. The van der Waals surface area contributed by atoms with Crippen LogP contribution in [0.2, 0.25) is 5.02 Å². The van der Waals surface area contributed by atoms with E-state index in [9.17, 15) is 9.59 Å². The summed E-state index contributed by atoms with van der Waals surface area (Å²) in [5.41, 5.74) is 3.55.